The summed E-state index contributed by atoms with van der Waals surface area (Å²) in [7, 11) is 4.69. The minimum Gasteiger partial charge on any atom is -0.495 e. The quantitative estimate of drug-likeness (QED) is 0.660. The second kappa shape index (κ2) is 9.39. The number of fused-ring (bicyclic) bond motifs is 1. The van der Waals surface area contributed by atoms with Crippen LogP contribution in [-0.2, 0) is 9.63 Å². The van der Waals surface area contributed by atoms with E-state index in [2.05, 4.69) is 20.7 Å². The molecule has 2 aliphatic rings. The van der Waals surface area contributed by atoms with Gasteiger partial charge in [0.25, 0.3) is 5.91 Å². The van der Waals surface area contributed by atoms with Gasteiger partial charge in [-0.2, -0.15) is 4.98 Å². The first-order valence-electron chi connectivity index (χ1n) is 10.7. The normalized spacial score (nSPS) is 16.5. The third-order valence-corrected chi connectivity index (χ3v) is 5.99. The summed E-state index contributed by atoms with van der Waals surface area (Å²) in [6.45, 7) is 0.632. The van der Waals surface area contributed by atoms with Crippen molar-refractivity contribution in [3.05, 3.63) is 30.0 Å². The Kier molecular flexibility index (Phi) is 6.40. The number of rotatable bonds is 6. The van der Waals surface area contributed by atoms with E-state index in [1.807, 2.05) is 0 Å². The molecule has 2 heterocycles. The van der Waals surface area contributed by atoms with Gasteiger partial charge in [0.1, 0.15) is 11.4 Å². The molecule has 0 radical (unpaired) electrons. The van der Waals surface area contributed by atoms with Crippen LogP contribution >= 0.6 is 0 Å². The summed E-state index contributed by atoms with van der Waals surface area (Å²) in [5, 5.41) is 3.17. The van der Waals surface area contributed by atoms with Gasteiger partial charge in [0.2, 0.25) is 11.9 Å². The number of hydroxylamine groups is 1. The smallest absolute Gasteiger partial charge is 0.274 e. The number of ether oxygens (including phenoxy) is 1. The highest BCUT2D eigenvalue weighted by Gasteiger charge is 2.31. The Balaban J connectivity index is 1.69. The van der Waals surface area contributed by atoms with Gasteiger partial charge in [-0.3, -0.25) is 14.4 Å². The maximum Gasteiger partial charge on any atom is 0.274 e. The lowest BCUT2D eigenvalue weighted by Gasteiger charge is -2.30. The third-order valence-electron chi connectivity index (χ3n) is 5.99. The summed E-state index contributed by atoms with van der Waals surface area (Å²) < 4.78 is 5.43. The lowest BCUT2D eigenvalue weighted by Crippen LogP contribution is -2.34. The number of aromatic nitrogens is 2. The topological polar surface area (TPSA) is 109 Å². The monoisotopic (exact) mass is 440 g/mol. The van der Waals surface area contributed by atoms with Crippen LogP contribution in [0.5, 0.6) is 5.75 Å². The van der Waals surface area contributed by atoms with Crippen LogP contribution in [0, 0.1) is 0 Å². The van der Waals surface area contributed by atoms with Crippen LogP contribution in [0.4, 0.5) is 23.1 Å². The number of carbonyl (C=O) groups excluding carboxylic acids is 2. The van der Waals surface area contributed by atoms with E-state index in [-0.39, 0.29) is 11.8 Å². The van der Waals surface area contributed by atoms with Crippen molar-refractivity contribution in [1.29, 1.82) is 0 Å². The largest absolute Gasteiger partial charge is 0.495 e. The van der Waals surface area contributed by atoms with Crippen molar-refractivity contribution in [2.75, 3.05) is 42.9 Å². The third kappa shape index (κ3) is 4.31. The number of anilines is 4. The molecule has 0 unspecified atom stereocenters. The molecule has 0 spiro atoms. The highest BCUT2D eigenvalue weighted by Crippen LogP contribution is 2.36. The summed E-state index contributed by atoms with van der Waals surface area (Å²) in [6, 6.07) is 5.34. The maximum atomic E-state index is 12.5. The predicted octanol–water partition coefficient (Wildman–Crippen LogP) is 2.64. The van der Waals surface area contributed by atoms with Gasteiger partial charge in [0.15, 0.2) is 5.82 Å². The molecule has 10 nitrogen and oxygen atoms in total. The van der Waals surface area contributed by atoms with Crippen LogP contribution in [0.3, 0.4) is 0 Å². The van der Waals surface area contributed by atoms with Crippen LogP contribution in [0.25, 0.3) is 0 Å². The van der Waals surface area contributed by atoms with Gasteiger partial charge in [-0.05, 0) is 31.0 Å². The highest BCUT2D eigenvalue weighted by molar-refractivity contribution is 5.97. The standard InChI is InChI=1S/C22H28N6O4/c1-27-17-13-23-22(24-16-12-14(21(30)26-32-3)8-9-18(16)31-2)25-20(17)28(11-10-19(27)29)15-6-4-5-7-15/h8-9,12-13,15H,4-7,10-11H2,1-3H3,(H,26,30)(H,23,24,25). The molecular weight excluding hydrogens is 412 g/mol. The first-order chi connectivity index (χ1) is 15.5. The molecule has 0 atom stereocenters. The zero-order chi connectivity index (χ0) is 22.7. The van der Waals surface area contributed by atoms with E-state index in [0.29, 0.717) is 47.6 Å². The summed E-state index contributed by atoms with van der Waals surface area (Å²) in [5.74, 6) is 1.31. The Morgan fingerprint density at radius 1 is 1.22 bits per heavy atom. The van der Waals surface area contributed by atoms with Crippen molar-refractivity contribution in [3.63, 3.8) is 0 Å². The molecule has 1 saturated carbocycles. The van der Waals surface area contributed by atoms with E-state index in [1.165, 1.54) is 20.0 Å². The minimum absolute atomic E-state index is 0.0505. The van der Waals surface area contributed by atoms with Crippen LogP contribution in [0.2, 0.25) is 0 Å². The molecule has 170 valence electrons. The molecule has 1 aromatic heterocycles. The molecule has 0 saturated heterocycles. The number of carbonyl (C=O) groups is 2. The molecule has 2 aromatic rings. The van der Waals surface area contributed by atoms with E-state index in [0.717, 1.165) is 18.7 Å². The van der Waals surface area contributed by atoms with Gasteiger partial charge in [0.05, 0.1) is 26.1 Å². The Hall–Kier alpha value is -3.40. The van der Waals surface area contributed by atoms with Crippen molar-refractivity contribution in [1.82, 2.24) is 15.4 Å². The molecule has 10 heteroatoms. The lowest BCUT2D eigenvalue weighted by atomic mass is 10.1. The molecule has 0 bridgehead atoms. The SMILES string of the molecule is CONC(=O)c1ccc(OC)c(Nc2ncc3c(n2)N(C2CCCC2)CCC(=O)N3C)c1. The van der Waals surface area contributed by atoms with Crippen LogP contribution in [0.15, 0.2) is 24.4 Å². The van der Waals surface area contributed by atoms with E-state index < -0.39 is 0 Å². The van der Waals surface area contributed by atoms with Gasteiger partial charge < -0.3 is 19.9 Å². The molecule has 1 fully saturated rings. The number of amides is 2. The number of nitrogens with one attached hydrogen (secondary N) is 2. The zero-order valence-corrected chi connectivity index (χ0v) is 18.6. The number of benzene rings is 1. The molecular formula is C22H28N6O4. The van der Waals surface area contributed by atoms with Gasteiger partial charge >= 0.3 is 0 Å². The number of hydrogen-bond donors (Lipinski definition) is 2. The molecule has 2 N–H and O–H groups in total. The predicted molar refractivity (Wildman–Crippen MR) is 120 cm³/mol. The summed E-state index contributed by atoms with van der Waals surface area (Å²) in [6.07, 6.45) is 6.66. The Morgan fingerprint density at radius 2 is 2.00 bits per heavy atom. The number of nitrogens with zero attached hydrogens (tertiary/aromatic N) is 4. The van der Waals surface area contributed by atoms with E-state index in [4.69, 9.17) is 14.6 Å². The average molecular weight is 441 g/mol. The second-order valence-electron chi connectivity index (χ2n) is 7.91. The fraction of sp³-hybridized carbons (Fsp3) is 0.455. The summed E-state index contributed by atoms with van der Waals surface area (Å²) in [4.78, 5) is 42.5. The minimum atomic E-state index is -0.381. The fourth-order valence-electron chi connectivity index (χ4n) is 4.29. The van der Waals surface area contributed by atoms with E-state index in [1.54, 1.807) is 43.5 Å². The summed E-state index contributed by atoms with van der Waals surface area (Å²) >= 11 is 0. The summed E-state index contributed by atoms with van der Waals surface area (Å²) in [5.41, 5.74) is 3.94. The zero-order valence-electron chi connectivity index (χ0n) is 18.6. The van der Waals surface area contributed by atoms with Crippen molar-refractivity contribution in [3.8, 4) is 5.75 Å². The molecule has 1 aromatic carbocycles. The van der Waals surface area contributed by atoms with Crippen molar-refractivity contribution < 1.29 is 19.2 Å². The number of hydrogen-bond acceptors (Lipinski definition) is 8. The van der Waals surface area contributed by atoms with E-state index in [9.17, 15) is 9.59 Å². The van der Waals surface area contributed by atoms with Gasteiger partial charge in [-0.15, -0.1) is 0 Å². The fourth-order valence-corrected chi connectivity index (χ4v) is 4.29. The van der Waals surface area contributed by atoms with Gasteiger partial charge in [0, 0.05) is 31.6 Å². The van der Waals surface area contributed by atoms with Gasteiger partial charge in [-0.25, -0.2) is 10.5 Å². The van der Waals surface area contributed by atoms with Crippen LogP contribution < -0.4 is 25.3 Å². The average Bonchev–Trinajstić information content (AvgIpc) is 3.30. The van der Waals surface area contributed by atoms with Gasteiger partial charge in [-0.1, -0.05) is 12.8 Å². The first kappa shape index (κ1) is 21.8. The Bertz CT molecular complexity index is 1010. The molecule has 1 aliphatic carbocycles. The maximum absolute atomic E-state index is 12.5. The lowest BCUT2D eigenvalue weighted by molar-refractivity contribution is -0.118. The van der Waals surface area contributed by atoms with Crippen LogP contribution in [-0.4, -0.2) is 55.6 Å². The Morgan fingerprint density at radius 3 is 2.72 bits per heavy atom. The van der Waals surface area contributed by atoms with Crippen LogP contribution in [0.1, 0.15) is 42.5 Å². The highest BCUT2D eigenvalue weighted by atomic mass is 16.6. The molecule has 4 rings (SSSR count). The van der Waals surface area contributed by atoms with Crippen molar-refractivity contribution in [2.45, 2.75) is 38.1 Å². The molecule has 2 amide bonds. The van der Waals surface area contributed by atoms with Crippen molar-refractivity contribution in [2.24, 2.45) is 0 Å². The second-order valence-corrected chi connectivity index (χ2v) is 7.91. The molecule has 1 aliphatic heterocycles. The van der Waals surface area contributed by atoms with E-state index >= 15 is 0 Å². The first-order valence-corrected chi connectivity index (χ1v) is 10.7. The van der Waals surface area contributed by atoms with Crippen molar-refractivity contribution >= 4 is 35.0 Å². The number of methoxy groups -OCH3 is 1. The molecule has 32 heavy (non-hydrogen) atoms. The Labute approximate surface area is 186 Å².